The molecule has 7 heteroatoms. The summed E-state index contributed by atoms with van der Waals surface area (Å²) in [5.41, 5.74) is 3.01. The van der Waals surface area contributed by atoms with Crippen molar-refractivity contribution in [1.82, 2.24) is 9.88 Å². The van der Waals surface area contributed by atoms with Crippen molar-refractivity contribution >= 4 is 56.7 Å². The number of amides is 1. The van der Waals surface area contributed by atoms with E-state index >= 15 is 0 Å². The summed E-state index contributed by atoms with van der Waals surface area (Å²) in [5, 5.41) is 3.67. The van der Waals surface area contributed by atoms with Crippen LogP contribution in [0.2, 0.25) is 0 Å². The van der Waals surface area contributed by atoms with Crippen molar-refractivity contribution in [1.29, 1.82) is 0 Å². The summed E-state index contributed by atoms with van der Waals surface area (Å²) >= 11 is 3.09. The maximum atomic E-state index is 13.8. The van der Waals surface area contributed by atoms with Crippen LogP contribution >= 0.6 is 23.5 Å². The number of carbonyl (C=O) groups is 1. The number of hydrogen-bond donors (Lipinski definition) is 0. The molecule has 1 fully saturated rings. The topological polar surface area (TPSA) is 48.8 Å². The molecule has 0 N–H and O–H groups in total. The van der Waals surface area contributed by atoms with Gasteiger partial charge in [0.1, 0.15) is 4.91 Å². The van der Waals surface area contributed by atoms with Crippen LogP contribution in [0.1, 0.15) is 5.56 Å². The molecule has 34 heavy (non-hydrogen) atoms. The number of para-hydroxylation sites is 1. The van der Waals surface area contributed by atoms with Crippen LogP contribution in [0.4, 0.5) is 11.4 Å². The molecule has 0 bridgehead atoms. The van der Waals surface area contributed by atoms with E-state index in [0.717, 1.165) is 37.6 Å². The van der Waals surface area contributed by atoms with E-state index in [1.54, 1.807) is 22.9 Å². The molecule has 2 aliphatic heterocycles. The van der Waals surface area contributed by atoms with E-state index in [2.05, 4.69) is 22.0 Å². The monoisotopic (exact) mass is 480 g/mol. The van der Waals surface area contributed by atoms with Crippen molar-refractivity contribution in [2.45, 2.75) is 11.4 Å². The second-order valence-electron chi connectivity index (χ2n) is 8.01. The molecule has 2 aliphatic rings. The van der Waals surface area contributed by atoms with Crippen molar-refractivity contribution in [3.63, 3.8) is 0 Å². The summed E-state index contributed by atoms with van der Waals surface area (Å²) in [6.45, 7) is 0.468. The molecule has 0 spiro atoms. The zero-order valence-corrected chi connectivity index (χ0v) is 20.0. The lowest BCUT2D eigenvalue weighted by Crippen LogP contribution is -2.29. The highest BCUT2D eigenvalue weighted by Gasteiger charge is 2.39. The molecule has 5 nitrogen and oxygen atoms in total. The molecule has 6 rings (SSSR count). The molecule has 0 saturated carbocycles. The average molecular weight is 481 g/mol. The Bertz CT molecular complexity index is 1480. The van der Waals surface area contributed by atoms with E-state index in [4.69, 9.17) is 4.99 Å². The second kappa shape index (κ2) is 8.66. The second-order valence-corrected chi connectivity index (χ2v) is 10.0. The van der Waals surface area contributed by atoms with Gasteiger partial charge in [0.2, 0.25) is 0 Å². The fraction of sp³-hybridized carbons (Fsp3) is 0.0741. The molecule has 0 atom stereocenters. The van der Waals surface area contributed by atoms with Gasteiger partial charge in [-0.05, 0) is 41.6 Å². The first-order valence-corrected chi connectivity index (χ1v) is 12.5. The van der Waals surface area contributed by atoms with Crippen LogP contribution in [0.25, 0.3) is 10.8 Å². The van der Waals surface area contributed by atoms with Gasteiger partial charge in [0, 0.05) is 35.1 Å². The van der Waals surface area contributed by atoms with Gasteiger partial charge in [0.05, 0.1) is 22.9 Å². The number of thioether (sulfide) groups is 2. The van der Waals surface area contributed by atoms with Crippen molar-refractivity contribution < 1.29 is 4.79 Å². The van der Waals surface area contributed by atoms with Crippen LogP contribution in [0.15, 0.2) is 111 Å². The van der Waals surface area contributed by atoms with Crippen molar-refractivity contribution in [2.75, 3.05) is 11.9 Å². The fourth-order valence-electron chi connectivity index (χ4n) is 4.13. The van der Waals surface area contributed by atoms with E-state index in [9.17, 15) is 4.79 Å². The Labute approximate surface area is 206 Å². The minimum Gasteiger partial charge on any atom is -0.337 e. The molecule has 0 aliphatic carbocycles. The van der Waals surface area contributed by atoms with Crippen LogP contribution in [-0.4, -0.2) is 28.0 Å². The molecule has 1 saturated heterocycles. The Kier molecular flexibility index (Phi) is 5.36. The number of pyridine rings is 1. The molecule has 3 aromatic carbocycles. The summed E-state index contributed by atoms with van der Waals surface area (Å²) in [6, 6.07) is 26.2. The number of fused-ring (bicyclic) bond motifs is 2. The first-order chi connectivity index (χ1) is 16.7. The highest BCUT2D eigenvalue weighted by Crippen LogP contribution is 2.50. The lowest BCUT2D eigenvalue weighted by molar-refractivity contribution is -0.122. The van der Waals surface area contributed by atoms with E-state index in [-0.39, 0.29) is 5.91 Å². The van der Waals surface area contributed by atoms with Gasteiger partial charge in [-0.3, -0.25) is 14.7 Å². The molecular formula is C27H20N4OS2. The van der Waals surface area contributed by atoms with Gasteiger partial charge in [-0.2, -0.15) is 0 Å². The number of aromatic nitrogens is 1. The number of rotatable bonds is 3. The normalized spacial score (nSPS) is 18.9. The van der Waals surface area contributed by atoms with E-state index in [1.165, 1.54) is 11.8 Å². The SMILES string of the molecule is CN1/C(=C2/SC(=Nc3cccc4cnccc34)N(Cc3ccccc3)C2=O)Sc2ccccc21. The zero-order chi connectivity index (χ0) is 23.1. The Morgan fingerprint density at radius 1 is 0.912 bits per heavy atom. The lowest BCUT2D eigenvalue weighted by Gasteiger charge is -2.17. The summed E-state index contributed by atoms with van der Waals surface area (Å²) in [6.07, 6.45) is 3.61. The third-order valence-corrected chi connectivity index (χ3v) is 8.29. The maximum absolute atomic E-state index is 13.8. The molecule has 1 aromatic heterocycles. The van der Waals surface area contributed by atoms with Crippen molar-refractivity contribution in [3.05, 3.63) is 107 Å². The van der Waals surface area contributed by atoms with Crippen LogP contribution in [0.5, 0.6) is 0 Å². The van der Waals surface area contributed by atoms with E-state index < -0.39 is 0 Å². The third-order valence-electron chi connectivity index (χ3n) is 5.85. The van der Waals surface area contributed by atoms with Crippen LogP contribution in [0, 0.1) is 0 Å². The van der Waals surface area contributed by atoms with Crippen molar-refractivity contribution in [2.24, 2.45) is 4.99 Å². The Hall–Kier alpha value is -3.55. The molecule has 0 unspecified atom stereocenters. The van der Waals surface area contributed by atoms with Crippen molar-refractivity contribution in [3.8, 4) is 0 Å². The molecule has 4 aromatic rings. The minimum atomic E-state index is -0.0170. The van der Waals surface area contributed by atoms with Gasteiger partial charge >= 0.3 is 0 Å². The maximum Gasteiger partial charge on any atom is 0.269 e. The van der Waals surface area contributed by atoms with Gasteiger partial charge in [0.15, 0.2) is 5.17 Å². The number of aliphatic imine (C=N–C) groups is 1. The number of hydrogen-bond acceptors (Lipinski definition) is 6. The average Bonchev–Trinajstić information content (AvgIpc) is 3.36. The quantitative estimate of drug-likeness (QED) is 0.317. The predicted octanol–water partition coefficient (Wildman–Crippen LogP) is 6.41. The smallest absolute Gasteiger partial charge is 0.269 e. The largest absolute Gasteiger partial charge is 0.337 e. The highest BCUT2D eigenvalue weighted by molar-refractivity contribution is 8.19. The molecular weight excluding hydrogens is 460 g/mol. The third kappa shape index (κ3) is 3.67. The van der Waals surface area contributed by atoms with E-state index in [1.807, 2.05) is 80.0 Å². The number of nitrogens with zero attached hydrogens (tertiary/aromatic N) is 4. The minimum absolute atomic E-state index is 0.0170. The van der Waals surface area contributed by atoms with Crippen LogP contribution in [-0.2, 0) is 11.3 Å². The summed E-state index contributed by atoms with van der Waals surface area (Å²) in [5.74, 6) is -0.0170. The Morgan fingerprint density at radius 2 is 1.74 bits per heavy atom. The number of anilines is 1. The van der Waals surface area contributed by atoms with Crippen LogP contribution < -0.4 is 4.90 Å². The van der Waals surface area contributed by atoms with Gasteiger partial charge in [-0.25, -0.2) is 4.99 Å². The number of carbonyl (C=O) groups excluding carboxylic acids is 1. The summed E-state index contributed by atoms with van der Waals surface area (Å²) in [4.78, 5) is 28.8. The van der Waals surface area contributed by atoms with Gasteiger partial charge in [0.25, 0.3) is 5.91 Å². The summed E-state index contributed by atoms with van der Waals surface area (Å²) < 4.78 is 0. The lowest BCUT2D eigenvalue weighted by atomic mass is 10.1. The Balaban J connectivity index is 1.45. The summed E-state index contributed by atoms with van der Waals surface area (Å²) in [7, 11) is 2.02. The standard InChI is InChI=1S/C27H20N4OS2/c1-30-22-12-5-6-13-23(22)33-26(30)24-25(32)31(17-18-8-3-2-4-9-18)27(34-24)29-21-11-7-10-19-16-28-15-14-20(19)21/h2-16H,17H2,1H3/b26-24-,29-27?. The first-order valence-electron chi connectivity index (χ1n) is 10.9. The van der Waals surface area contributed by atoms with E-state index in [0.29, 0.717) is 16.6 Å². The zero-order valence-electron chi connectivity index (χ0n) is 18.4. The molecule has 166 valence electrons. The Morgan fingerprint density at radius 3 is 2.59 bits per heavy atom. The van der Waals surface area contributed by atoms with Gasteiger partial charge in [-0.1, -0.05) is 66.4 Å². The first kappa shape index (κ1) is 21.0. The highest BCUT2D eigenvalue weighted by atomic mass is 32.2. The number of amidine groups is 1. The molecule has 3 heterocycles. The number of benzene rings is 3. The van der Waals surface area contributed by atoms with Crippen LogP contribution in [0.3, 0.4) is 0 Å². The predicted molar refractivity (Wildman–Crippen MR) is 141 cm³/mol. The van der Waals surface area contributed by atoms with Gasteiger partial charge in [-0.15, -0.1) is 0 Å². The van der Waals surface area contributed by atoms with Gasteiger partial charge < -0.3 is 4.90 Å². The fourth-order valence-corrected chi connectivity index (χ4v) is 6.47. The molecule has 0 radical (unpaired) electrons. The molecule has 1 amide bonds.